The van der Waals surface area contributed by atoms with Crippen LogP contribution in [0.4, 0.5) is 0 Å². The summed E-state index contributed by atoms with van der Waals surface area (Å²) in [6, 6.07) is 10.5. The highest BCUT2D eigenvalue weighted by atomic mass is 79.9. The molecule has 3 atom stereocenters. The average molecular weight is 684 g/mol. The maximum absolute atomic E-state index is 13.3. The summed E-state index contributed by atoms with van der Waals surface area (Å²) in [5, 5.41) is 20.4. The number of hydrogen-bond donors (Lipinski definition) is 6. The third kappa shape index (κ3) is 12.0. The van der Waals surface area contributed by atoms with E-state index in [9.17, 15) is 29.1 Å². The highest BCUT2D eigenvalue weighted by molar-refractivity contribution is 9.10. The molecule has 4 amide bonds. The number of hydrogen-bond acceptors (Lipinski definition) is 6. The third-order valence-corrected chi connectivity index (χ3v) is 7.39. The predicted octanol–water partition coefficient (Wildman–Crippen LogP) is 3.37. The first-order valence-corrected chi connectivity index (χ1v) is 15.2. The van der Waals surface area contributed by atoms with E-state index in [1.165, 1.54) is 0 Å². The van der Waals surface area contributed by atoms with Gasteiger partial charge in [0.05, 0.1) is 0 Å². The highest BCUT2D eigenvalue weighted by Crippen LogP contribution is 2.15. The molecule has 2 rings (SSSR count). The van der Waals surface area contributed by atoms with E-state index in [1.54, 1.807) is 30.3 Å². The molecular formula is C29H36BrClN4O6S. The molecule has 228 valence electrons. The summed E-state index contributed by atoms with van der Waals surface area (Å²) in [5.41, 5.74) is 1.14. The topological polar surface area (TPSA) is 154 Å². The van der Waals surface area contributed by atoms with Crippen molar-refractivity contribution in [1.29, 1.82) is 0 Å². The minimum absolute atomic E-state index is 0.00986. The van der Waals surface area contributed by atoms with Gasteiger partial charge in [0.1, 0.15) is 18.1 Å². The molecule has 0 aliphatic rings. The Kier molecular flexibility index (Phi) is 14.9. The van der Waals surface area contributed by atoms with Gasteiger partial charge in [0.15, 0.2) is 0 Å². The number of benzene rings is 2. The van der Waals surface area contributed by atoms with Gasteiger partial charge in [-0.05, 0) is 55.0 Å². The van der Waals surface area contributed by atoms with Gasteiger partial charge in [-0.1, -0.05) is 65.6 Å². The SMILES string of the molecule is CC(C)C[C@H](NC(=O)[C@H](CCC(=O)O)NC(=O)c1cccc(Br)c1)C(=O)N[C@@H](CS)C(=O)NCCc1ccccc1Cl. The van der Waals surface area contributed by atoms with Crippen molar-refractivity contribution in [3.63, 3.8) is 0 Å². The fourth-order valence-electron chi connectivity index (χ4n) is 3.99. The van der Waals surface area contributed by atoms with Crippen LogP contribution >= 0.6 is 40.2 Å². The van der Waals surface area contributed by atoms with Crippen LogP contribution in [0, 0.1) is 5.92 Å². The summed E-state index contributed by atoms with van der Waals surface area (Å²) in [4.78, 5) is 63.3. The van der Waals surface area contributed by atoms with E-state index in [-0.39, 0.29) is 43.0 Å². The van der Waals surface area contributed by atoms with Crippen molar-refractivity contribution in [2.75, 3.05) is 12.3 Å². The maximum atomic E-state index is 13.3. The van der Waals surface area contributed by atoms with E-state index in [4.69, 9.17) is 11.6 Å². The average Bonchev–Trinajstić information content (AvgIpc) is 2.93. The van der Waals surface area contributed by atoms with Crippen molar-refractivity contribution in [3.05, 3.63) is 69.2 Å². The third-order valence-electron chi connectivity index (χ3n) is 6.16. The zero-order valence-electron chi connectivity index (χ0n) is 23.4. The van der Waals surface area contributed by atoms with E-state index < -0.39 is 47.7 Å². The van der Waals surface area contributed by atoms with Crippen LogP contribution < -0.4 is 21.3 Å². The molecule has 0 unspecified atom stereocenters. The standard InChI is InChI=1S/C29H36BrClN4O6S/c1-17(2)14-23(29(41)35-24(16-42)27(39)32-13-12-18-6-3-4-9-21(18)31)34-28(40)22(10-11-25(36)37)33-26(38)19-7-5-8-20(30)15-19/h3-9,15,17,22-24,42H,10-14,16H2,1-2H3,(H,32,39)(H,33,38)(H,34,40)(H,35,41)(H,36,37)/t22-,23-,24-/m0/s1. The Morgan fingerprint density at radius 3 is 2.19 bits per heavy atom. The lowest BCUT2D eigenvalue weighted by atomic mass is 10.0. The summed E-state index contributed by atoms with van der Waals surface area (Å²) < 4.78 is 0.655. The Morgan fingerprint density at radius 2 is 1.57 bits per heavy atom. The van der Waals surface area contributed by atoms with E-state index in [1.807, 2.05) is 32.0 Å². The van der Waals surface area contributed by atoms with Gasteiger partial charge in [0.25, 0.3) is 5.91 Å². The Morgan fingerprint density at radius 1 is 0.905 bits per heavy atom. The maximum Gasteiger partial charge on any atom is 0.303 e. The van der Waals surface area contributed by atoms with Gasteiger partial charge in [-0.25, -0.2) is 0 Å². The molecule has 10 nitrogen and oxygen atoms in total. The number of rotatable bonds is 16. The zero-order valence-corrected chi connectivity index (χ0v) is 26.6. The minimum atomic E-state index is -1.22. The molecule has 0 spiro atoms. The number of halogens is 2. The fourth-order valence-corrected chi connectivity index (χ4v) is 4.88. The number of carbonyl (C=O) groups is 5. The summed E-state index contributed by atoms with van der Waals surface area (Å²) in [5.74, 6) is -3.49. The molecule has 2 aromatic rings. The number of amides is 4. The van der Waals surface area contributed by atoms with Gasteiger partial charge < -0.3 is 26.4 Å². The molecule has 2 aromatic carbocycles. The minimum Gasteiger partial charge on any atom is -0.481 e. The van der Waals surface area contributed by atoms with Gasteiger partial charge in [0.2, 0.25) is 17.7 Å². The quantitative estimate of drug-likeness (QED) is 0.149. The first-order valence-electron chi connectivity index (χ1n) is 13.4. The van der Waals surface area contributed by atoms with Crippen molar-refractivity contribution >= 4 is 69.8 Å². The number of carboxylic acids is 1. The lowest BCUT2D eigenvalue weighted by Gasteiger charge is -2.26. The van der Waals surface area contributed by atoms with Crippen LogP contribution in [-0.2, 0) is 25.6 Å². The Bertz CT molecular complexity index is 1260. The fraction of sp³-hybridized carbons (Fsp3) is 0.414. The van der Waals surface area contributed by atoms with Crippen molar-refractivity contribution in [3.8, 4) is 0 Å². The molecule has 0 aromatic heterocycles. The monoisotopic (exact) mass is 682 g/mol. The van der Waals surface area contributed by atoms with Gasteiger partial charge in [-0.2, -0.15) is 12.6 Å². The van der Waals surface area contributed by atoms with E-state index in [0.29, 0.717) is 15.9 Å². The van der Waals surface area contributed by atoms with E-state index >= 15 is 0 Å². The van der Waals surface area contributed by atoms with Crippen molar-refractivity contribution in [2.45, 2.75) is 57.7 Å². The molecule has 5 N–H and O–H groups in total. The van der Waals surface area contributed by atoms with Crippen molar-refractivity contribution in [1.82, 2.24) is 21.3 Å². The second kappa shape index (κ2) is 17.8. The number of carbonyl (C=O) groups excluding carboxylic acids is 4. The van der Waals surface area contributed by atoms with Gasteiger partial charge in [-0.15, -0.1) is 0 Å². The molecule has 0 aliphatic carbocycles. The zero-order chi connectivity index (χ0) is 31.2. The molecule has 0 saturated heterocycles. The largest absolute Gasteiger partial charge is 0.481 e. The molecule has 13 heteroatoms. The molecular weight excluding hydrogens is 648 g/mol. The number of thiol groups is 1. The van der Waals surface area contributed by atoms with Crippen LogP contribution in [0.25, 0.3) is 0 Å². The number of nitrogens with one attached hydrogen (secondary N) is 4. The lowest BCUT2D eigenvalue weighted by Crippen LogP contribution is -2.57. The van der Waals surface area contributed by atoms with Crippen LogP contribution in [-0.4, -0.2) is 65.1 Å². The molecule has 0 heterocycles. The Labute approximate surface area is 264 Å². The molecule has 0 bridgehead atoms. The van der Waals surface area contributed by atoms with Gasteiger partial charge >= 0.3 is 5.97 Å². The normalized spacial score (nSPS) is 13.0. The van der Waals surface area contributed by atoms with Gasteiger partial charge in [0, 0.05) is 33.8 Å². The summed E-state index contributed by atoms with van der Waals surface area (Å²) in [6.07, 6.45) is 0.155. The van der Waals surface area contributed by atoms with E-state index in [0.717, 1.165) is 5.56 Å². The van der Waals surface area contributed by atoms with Crippen LogP contribution in [0.1, 0.15) is 49.0 Å². The summed E-state index contributed by atoms with van der Waals surface area (Å²) >= 11 is 13.7. The Hall–Kier alpha value is -3.09. The smallest absolute Gasteiger partial charge is 0.303 e. The summed E-state index contributed by atoms with van der Waals surface area (Å²) in [6.45, 7) is 4.01. The van der Waals surface area contributed by atoms with Crippen LogP contribution in [0.2, 0.25) is 5.02 Å². The highest BCUT2D eigenvalue weighted by Gasteiger charge is 2.30. The summed E-state index contributed by atoms with van der Waals surface area (Å²) in [7, 11) is 0. The van der Waals surface area contributed by atoms with Gasteiger partial charge in [-0.3, -0.25) is 24.0 Å². The second-order valence-electron chi connectivity index (χ2n) is 10.0. The number of carboxylic acid groups (broad SMARTS) is 1. The molecule has 0 aliphatic heterocycles. The molecule has 0 radical (unpaired) electrons. The predicted molar refractivity (Wildman–Crippen MR) is 168 cm³/mol. The molecule has 42 heavy (non-hydrogen) atoms. The first-order chi connectivity index (χ1) is 19.9. The van der Waals surface area contributed by atoms with E-state index in [2.05, 4.69) is 49.8 Å². The van der Waals surface area contributed by atoms with Crippen LogP contribution in [0.3, 0.4) is 0 Å². The Balaban J connectivity index is 2.08. The van der Waals surface area contributed by atoms with Crippen LogP contribution in [0.5, 0.6) is 0 Å². The number of aliphatic carboxylic acids is 1. The molecule has 0 saturated carbocycles. The molecule has 0 fully saturated rings. The lowest BCUT2D eigenvalue weighted by molar-refractivity contribution is -0.137. The second-order valence-corrected chi connectivity index (χ2v) is 11.7. The first kappa shape index (κ1) is 35.1. The van der Waals surface area contributed by atoms with Crippen molar-refractivity contribution in [2.24, 2.45) is 5.92 Å². The van der Waals surface area contributed by atoms with Crippen molar-refractivity contribution < 1.29 is 29.1 Å². The van der Waals surface area contributed by atoms with Crippen LogP contribution in [0.15, 0.2) is 53.0 Å².